The van der Waals surface area contributed by atoms with Crippen LogP contribution < -0.4 is 5.32 Å². The molecule has 0 fully saturated rings. The van der Waals surface area contributed by atoms with E-state index in [1.165, 1.54) is 23.5 Å². The van der Waals surface area contributed by atoms with E-state index in [1.807, 2.05) is 0 Å². The number of thiophene rings is 1. The molecule has 7 heteroatoms. The van der Waals surface area contributed by atoms with E-state index in [2.05, 4.69) is 5.32 Å². The van der Waals surface area contributed by atoms with Gasteiger partial charge in [-0.25, -0.2) is 0 Å². The highest BCUT2D eigenvalue weighted by Gasteiger charge is 2.30. The van der Waals surface area contributed by atoms with Crippen molar-refractivity contribution in [1.29, 1.82) is 0 Å². The van der Waals surface area contributed by atoms with E-state index in [0.717, 1.165) is 12.1 Å². The van der Waals surface area contributed by atoms with Gasteiger partial charge in [0.2, 0.25) is 0 Å². The standard InChI is InChI=1S/C14H12F3NO2S/c15-14(16,17)10-4-1-3-9(7-10)13(20)18-8-11(19)12-5-2-6-21-12/h1-7,11,19H,8H2,(H,18,20). The number of hydrogen-bond acceptors (Lipinski definition) is 3. The average molecular weight is 315 g/mol. The Morgan fingerprint density at radius 3 is 2.67 bits per heavy atom. The Bertz CT molecular complexity index is 611. The fourth-order valence-electron chi connectivity index (χ4n) is 1.71. The summed E-state index contributed by atoms with van der Waals surface area (Å²) >= 11 is 1.33. The van der Waals surface area contributed by atoms with Crippen LogP contribution in [-0.4, -0.2) is 17.6 Å². The third-order valence-corrected chi connectivity index (χ3v) is 3.75. The van der Waals surface area contributed by atoms with Crippen LogP contribution >= 0.6 is 11.3 Å². The molecule has 1 aromatic carbocycles. The quantitative estimate of drug-likeness (QED) is 0.910. The summed E-state index contributed by atoms with van der Waals surface area (Å²) in [5, 5.41) is 14.0. The maximum Gasteiger partial charge on any atom is 0.416 e. The molecule has 112 valence electrons. The molecular formula is C14H12F3NO2S. The lowest BCUT2D eigenvalue weighted by Gasteiger charge is -2.11. The average Bonchev–Trinajstić information content (AvgIpc) is 2.98. The number of carbonyl (C=O) groups excluding carboxylic acids is 1. The molecule has 0 radical (unpaired) electrons. The zero-order valence-corrected chi connectivity index (χ0v) is 11.5. The van der Waals surface area contributed by atoms with Gasteiger partial charge in [-0.3, -0.25) is 4.79 Å². The first-order valence-electron chi connectivity index (χ1n) is 6.05. The zero-order chi connectivity index (χ0) is 15.5. The predicted molar refractivity (Wildman–Crippen MR) is 73.1 cm³/mol. The van der Waals surface area contributed by atoms with Crippen molar-refractivity contribution in [2.75, 3.05) is 6.54 Å². The Morgan fingerprint density at radius 2 is 2.05 bits per heavy atom. The summed E-state index contributed by atoms with van der Waals surface area (Å²) in [6, 6.07) is 7.63. The number of alkyl halides is 3. The minimum atomic E-state index is -4.49. The first-order chi connectivity index (χ1) is 9.88. The van der Waals surface area contributed by atoms with Crippen molar-refractivity contribution in [3.8, 4) is 0 Å². The highest BCUT2D eigenvalue weighted by Crippen LogP contribution is 2.29. The number of benzene rings is 1. The second kappa shape index (κ2) is 6.28. The summed E-state index contributed by atoms with van der Waals surface area (Å²) in [7, 11) is 0. The van der Waals surface area contributed by atoms with E-state index in [-0.39, 0.29) is 12.1 Å². The lowest BCUT2D eigenvalue weighted by molar-refractivity contribution is -0.137. The van der Waals surface area contributed by atoms with Crippen LogP contribution in [0.2, 0.25) is 0 Å². The second-order valence-electron chi connectivity index (χ2n) is 4.32. The van der Waals surface area contributed by atoms with Gasteiger partial charge in [0.15, 0.2) is 0 Å². The highest BCUT2D eigenvalue weighted by molar-refractivity contribution is 7.10. The van der Waals surface area contributed by atoms with Crippen LogP contribution in [0, 0.1) is 0 Å². The number of carbonyl (C=O) groups is 1. The molecule has 0 aliphatic heterocycles. The minimum absolute atomic E-state index is 0.0599. The van der Waals surface area contributed by atoms with E-state index in [9.17, 15) is 23.1 Å². The smallest absolute Gasteiger partial charge is 0.386 e. The number of nitrogens with one attached hydrogen (secondary N) is 1. The SMILES string of the molecule is O=C(NCC(O)c1cccs1)c1cccc(C(F)(F)F)c1. The van der Waals surface area contributed by atoms with Crippen molar-refractivity contribution >= 4 is 17.2 Å². The predicted octanol–water partition coefficient (Wildman–Crippen LogP) is 3.23. The van der Waals surface area contributed by atoms with Gasteiger partial charge in [0, 0.05) is 17.0 Å². The lowest BCUT2D eigenvalue weighted by Crippen LogP contribution is -2.28. The summed E-state index contributed by atoms with van der Waals surface area (Å²) in [5.74, 6) is -0.656. The molecule has 1 atom stereocenters. The number of halogens is 3. The third kappa shape index (κ3) is 4.05. The molecule has 0 aliphatic rings. The van der Waals surface area contributed by atoms with Gasteiger partial charge < -0.3 is 10.4 Å². The van der Waals surface area contributed by atoms with Crippen LogP contribution in [0.3, 0.4) is 0 Å². The van der Waals surface area contributed by atoms with E-state index in [0.29, 0.717) is 4.88 Å². The summed E-state index contributed by atoms with van der Waals surface area (Å²) in [4.78, 5) is 12.5. The maximum absolute atomic E-state index is 12.6. The molecule has 1 heterocycles. The van der Waals surface area contributed by atoms with E-state index in [1.54, 1.807) is 17.5 Å². The summed E-state index contributed by atoms with van der Waals surface area (Å²) in [5.41, 5.74) is -0.975. The first-order valence-corrected chi connectivity index (χ1v) is 6.93. The fraction of sp³-hybridized carbons (Fsp3) is 0.214. The van der Waals surface area contributed by atoms with Gasteiger partial charge in [0.05, 0.1) is 5.56 Å². The van der Waals surface area contributed by atoms with Crippen molar-refractivity contribution in [2.45, 2.75) is 12.3 Å². The molecule has 3 nitrogen and oxygen atoms in total. The maximum atomic E-state index is 12.6. The first kappa shape index (κ1) is 15.5. The molecule has 2 N–H and O–H groups in total. The van der Waals surface area contributed by atoms with Gasteiger partial charge >= 0.3 is 6.18 Å². The number of amides is 1. The summed E-state index contributed by atoms with van der Waals surface area (Å²) < 4.78 is 37.7. The van der Waals surface area contributed by atoms with Crippen molar-refractivity contribution in [3.63, 3.8) is 0 Å². The monoisotopic (exact) mass is 315 g/mol. The van der Waals surface area contributed by atoms with Gasteiger partial charge in [-0.2, -0.15) is 13.2 Å². The van der Waals surface area contributed by atoms with E-state index >= 15 is 0 Å². The number of hydrogen-bond donors (Lipinski definition) is 2. The van der Waals surface area contributed by atoms with Crippen LogP contribution in [-0.2, 0) is 6.18 Å². The molecule has 0 spiro atoms. The molecule has 1 aromatic heterocycles. The number of aliphatic hydroxyl groups is 1. The minimum Gasteiger partial charge on any atom is -0.386 e. The molecule has 1 amide bonds. The van der Waals surface area contributed by atoms with Crippen LogP contribution in [0.1, 0.15) is 26.9 Å². The molecule has 0 saturated carbocycles. The fourth-order valence-corrected chi connectivity index (χ4v) is 2.42. The van der Waals surface area contributed by atoms with Gasteiger partial charge in [0.1, 0.15) is 6.10 Å². The van der Waals surface area contributed by atoms with Crippen molar-refractivity contribution in [3.05, 3.63) is 57.8 Å². The molecule has 21 heavy (non-hydrogen) atoms. The summed E-state index contributed by atoms with van der Waals surface area (Å²) in [6.07, 6.45) is -5.37. The zero-order valence-electron chi connectivity index (χ0n) is 10.7. The largest absolute Gasteiger partial charge is 0.416 e. The van der Waals surface area contributed by atoms with Crippen molar-refractivity contribution in [2.24, 2.45) is 0 Å². The Hall–Kier alpha value is -1.86. The van der Waals surface area contributed by atoms with Crippen LogP contribution in [0.4, 0.5) is 13.2 Å². The Labute approximate surface area is 123 Å². The summed E-state index contributed by atoms with van der Waals surface area (Å²) in [6.45, 7) is -0.0599. The molecule has 2 rings (SSSR count). The van der Waals surface area contributed by atoms with Gasteiger partial charge in [-0.15, -0.1) is 11.3 Å². The van der Waals surface area contributed by atoms with Crippen molar-refractivity contribution in [1.82, 2.24) is 5.32 Å². The Morgan fingerprint density at radius 1 is 1.29 bits per heavy atom. The Balaban J connectivity index is 2.01. The van der Waals surface area contributed by atoms with Gasteiger partial charge in [0.25, 0.3) is 5.91 Å². The Kier molecular flexibility index (Phi) is 4.64. The number of aliphatic hydroxyl groups excluding tert-OH is 1. The second-order valence-corrected chi connectivity index (χ2v) is 5.30. The third-order valence-electron chi connectivity index (χ3n) is 2.78. The molecule has 1 unspecified atom stereocenters. The normalized spacial score (nSPS) is 13.0. The van der Waals surface area contributed by atoms with Crippen LogP contribution in [0.15, 0.2) is 41.8 Å². The molecule has 0 bridgehead atoms. The molecular weight excluding hydrogens is 303 g/mol. The number of rotatable bonds is 4. The molecule has 0 aliphatic carbocycles. The molecule has 0 saturated heterocycles. The molecule has 2 aromatic rings. The van der Waals surface area contributed by atoms with Crippen LogP contribution in [0.5, 0.6) is 0 Å². The van der Waals surface area contributed by atoms with Gasteiger partial charge in [-0.05, 0) is 29.6 Å². The van der Waals surface area contributed by atoms with E-state index < -0.39 is 23.8 Å². The topological polar surface area (TPSA) is 49.3 Å². The lowest BCUT2D eigenvalue weighted by atomic mass is 10.1. The van der Waals surface area contributed by atoms with Gasteiger partial charge in [-0.1, -0.05) is 12.1 Å². The van der Waals surface area contributed by atoms with Crippen LogP contribution in [0.25, 0.3) is 0 Å². The van der Waals surface area contributed by atoms with Crippen molar-refractivity contribution < 1.29 is 23.1 Å². The highest BCUT2D eigenvalue weighted by atomic mass is 32.1. The van der Waals surface area contributed by atoms with E-state index in [4.69, 9.17) is 0 Å².